The maximum absolute atomic E-state index is 12.8. The number of amides is 1. The Morgan fingerprint density at radius 2 is 1.11 bits per heavy atom. The van der Waals surface area contributed by atoms with Gasteiger partial charge in [-0.05, 0) is 148 Å². The molecule has 13 atom stereocenters. The Hall–Kier alpha value is -4.46. The Balaban J connectivity index is 0.000000256. The number of methoxy groups -OCH3 is 2. The number of aryl methyl sites for hydroxylation is 2. The second-order valence-electron chi connectivity index (χ2n) is 21.2. The standard InChI is InChI=1S/C29H42N2O6.C26H37NO5.C2H2.B2/c1-18(2)9-14-23-28(4,37-23)26-25(34-5)22(15-16-29(26)17-35-29)36-24(32)8-6-7-20-10-12-21(13-11-20)31-27(33)19(3)30;1-17(2)8-13-21-25(3,32-21)24-23(29-4)20(14-15-26(24)16-30-26)31-22(28)7-5-6-18-9-11-19(27)12-10-18;2*1-2/h9-13,19,22-23,25-26H,6-8,14-17,30H2,1-5H3,(H,31,33);8-12,20-21,23-24H,5-7,13-16,27H2,1-4H3;1-2H;/t19-,22+,23+,25+,26+,28+,29-;20-,21-,23-,24-,25-,26+;;/m01../s1. The lowest BCUT2D eigenvalue weighted by Crippen LogP contribution is -2.55. The number of hydrogen-bond acceptors (Lipinski definition) is 13. The van der Waals surface area contributed by atoms with Crippen molar-refractivity contribution < 1.29 is 52.3 Å². The number of hydrogen-bond donors (Lipinski definition) is 3. The molecule has 5 N–H and O–H groups in total. The van der Waals surface area contributed by atoms with Crippen LogP contribution in [-0.2, 0) is 65.1 Å². The predicted molar refractivity (Wildman–Crippen MR) is 286 cm³/mol. The first-order valence-corrected chi connectivity index (χ1v) is 25.9. The zero-order chi connectivity index (χ0) is 53.7. The lowest BCUT2D eigenvalue weighted by molar-refractivity contribution is -0.172. The highest BCUT2D eigenvalue weighted by Gasteiger charge is 2.73. The van der Waals surface area contributed by atoms with E-state index < -0.39 is 6.04 Å². The second kappa shape index (κ2) is 26.3. The molecule has 4 saturated heterocycles. The van der Waals surface area contributed by atoms with Gasteiger partial charge in [0.25, 0.3) is 0 Å². The van der Waals surface area contributed by atoms with Gasteiger partial charge in [-0.1, -0.05) is 47.6 Å². The van der Waals surface area contributed by atoms with Crippen LogP contribution in [-0.4, -0.2) is 126 Å². The fourth-order valence-corrected chi connectivity index (χ4v) is 11.2. The average molecular weight is 1010 g/mol. The monoisotopic (exact) mass is 1010 g/mol. The van der Waals surface area contributed by atoms with Gasteiger partial charge < -0.3 is 54.7 Å². The van der Waals surface area contributed by atoms with Gasteiger partial charge in [-0.3, -0.25) is 14.4 Å². The molecule has 73 heavy (non-hydrogen) atoms. The molecule has 6 fully saturated rings. The highest BCUT2D eigenvalue weighted by atomic mass is 16.6. The van der Waals surface area contributed by atoms with Crippen LogP contribution in [0.5, 0.6) is 0 Å². The third-order valence-corrected chi connectivity index (χ3v) is 15.3. The Bertz CT molecular complexity index is 2200. The molecule has 2 saturated carbocycles. The summed E-state index contributed by atoms with van der Waals surface area (Å²) in [7, 11) is 11.4. The molecule has 0 aromatic heterocycles. The van der Waals surface area contributed by atoms with E-state index in [4.69, 9.17) is 49.4 Å². The number of epoxide rings is 4. The minimum atomic E-state index is -0.561. The molecule has 4 aliphatic heterocycles. The van der Waals surface area contributed by atoms with Gasteiger partial charge in [0.05, 0.1) is 43.3 Å². The van der Waals surface area contributed by atoms with E-state index in [2.05, 4.69) is 87.3 Å². The summed E-state index contributed by atoms with van der Waals surface area (Å²) in [6.07, 6.45) is 20.3. The molecule has 2 aliphatic carbocycles. The van der Waals surface area contributed by atoms with Crippen LogP contribution >= 0.6 is 0 Å². The van der Waals surface area contributed by atoms with Gasteiger partial charge in [-0.15, -0.1) is 12.8 Å². The van der Waals surface area contributed by atoms with E-state index in [1.165, 1.54) is 16.7 Å². The summed E-state index contributed by atoms with van der Waals surface area (Å²) in [6.45, 7) is 15.8. The third kappa shape index (κ3) is 15.3. The Kier molecular flexibility index (Phi) is 21.4. The maximum Gasteiger partial charge on any atom is 0.306 e. The summed E-state index contributed by atoms with van der Waals surface area (Å²) in [5, 5.41) is 2.77. The normalized spacial score (nSPS) is 32.3. The van der Waals surface area contributed by atoms with Gasteiger partial charge in [-0.25, -0.2) is 0 Å². The number of rotatable bonds is 20. The molecule has 2 spiro atoms. The van der Waals surface area contributed by atoms with E-state index in [9.17, 15) is 14.4 Å². The lowest BCUT2D eigenvalue weighted by atomic mass is 9.68. The molecule has 14 nitrogen and oxygen atoms in total. The summed E-state index contributed by atoms with van der Waals surface area (Å²) >= 11 is 0. The molecule has 0 unspecified atom stereocenters. The summed E-state index contributed by atoms with van der Waals surface area (Å²) in [5.74, 6) is -0.519. The molecule has 4 heterocycles. The van der Waals surface area contributed by atoms with Gasteiger partial charge in [0.1, 0.15) is 46.8 Å². The summed E-state index contributed by atoms with van der Waals surface area (Å²) in [6, 6.07) is 14.8. The molecule has 4 radical (unpaired) electrons. The largest absolute Gasteiger partial charge is 0.460 e. The van der Waals surface area contributed by atoms with Crippen molar-refractivity contribution in [1.29, 1.82) is 0 Å². The van der Waals surface area contributed by atoms with Gasteiger partial charge in [0, 0.05) is 53.9 Å². The van der Waals surface area contributed by atoms with E-state index in [0.717, 1.165) is 75.6 Å². The Morgan fingerprint density at radius 1 is 0.726 bits per heavy atom. The van der Waals surface area contributed by atoms with Crippen molar-refractivity contribution in [2.24, 2.45) is 17.6 Å². The van der Waals surface area contributed by atoms with E-state index in [-0.39, 0.29) is 88.7 Å². The number of terminal acetylenes is 1. The quantitative estimate of drug-likeness (QED) is 0.0292. The van der Waals surface area contributed by atoms with Crippen LogP contribution in [0.2, 0.25) is 0 Å². The minimum Gasteiger partial charge on any atom is -0.460 e. The topological polar surface area (TPSA) is 202 Å². The first kappa shape index (κ1) is 59.4. The molecule has 0 bridgehead atoms. The molecule has 2 aromatic carbocycles. The number of anilines is 2. The molecular weight excluding hydrogens is 924 g/mol. The first-order chi connectivity index (χ1) is 34.8. The van der Waals surface area contributed by atoms with Crippen LogP contribution in [0.3, 0.4) is 0 Å². The second-order valence-corrected chi connectivity index (χ2v) is 21.2. The zero-order valence-corrected chi connectivity index (χ0v) is 44.8. The number of allylic oxidation sites excluding steroid dienone is 2. The van der Waals surface area contributed by atoms with Gasteiger partial charge >= 0.3 is 11.9 Å². The zero-order valence-electron chi connectivity index (χ0n) is 44.8. The number of esters is 2. The smallest absolute Gasteiger partial charge is 0.306 e. The summed E-state index contributed by atoms with van der Waals surface area (Å²) < 4.78 is 48.3. The number of carbonyl (C=O) groups excluding carboxylic acids is 3. The lowest BCUT2D eigenvalue weighted by Gasteiger charge is -2.42. The third-order valence-electron chi connectivity index (χ3n) is 15.3. The Labute approximate surface area is 437 Å². The molecule has 396 valence electrons. The number of ether oxygens (including phenoxy) is 8. The Morgan fingerprint density at radius 3 is 1.45 bits per heavy atom. The molecule has 1 amide bonds. The van der Waals surface area contributed by atoms with Crippen molar-refractivity contribution in [3.8, 4) is 12.8 Å². The average Bonchev–Trinajstić information content (AvgIpc) is 4.26. The fraction of sp³-hybridized carbons (Fsp3) is 0.632. The van der Waals surface area contributed by atoms with Crippen molar-refractivity contribution in [2.75, 3.05) is 38.5 Å². The maximum atomic E-state index is 12.8. The van der Waals surface area contributed by atoms with Gasteiger partial charge in [0.2, 0.25) is 5.91 Å². The van der Waals surface area contributed by atoms with Crippen molar-refractivity contribution in [3.05, 3.63) is 83.0 Å². The molecule has 6 aliphatic rings. The van der Waals surface area contributed by atoms with Crippen LogP contribution in [0.4, 0.5) is 11.4 Å². The predicted octanol–water partition coefficient (Wildman–Crippen LogP) is 7.61. The van der Waals surface area contributed by atoms with Crippen LogP contribution in [0.1, 0.15) is 124 Å². The minimum absolute atomic E-state index is 0.0216. The van der Waals surface area contributed by atoms with Crippen LogP contribution < -0.4 is 16.8 Å². The SMILES string of the molecule is C#C.CO[C@@H]1[C@H](OC(=O)CCCc2ccc(N)cc2)CC[C@]2(CO2)[C@H]1[C@]1(C)O[C@@H]1CC=C(C)C.CO[C@@H]1[C@H](OC(=O)CCCc2ccc(NC(=O)[C@H](C)N)cc2)CC[C@]2(CO2)[C@H]1[C@]1(C)O[C@@H]1CC=C(C)C.[B][B]. The number of carbonyl (C=O) groups is 3. The highest BCUT2D eigenvalue weighted by Crippen LogP contribution is 2.61. The van der Waals surface area contributed by atoms with Crippen molar-refractivity contribution in [3.63, 3.8) is 0 Å². The van der Waals surface area contributed by atoms with Gasteiger partial charge in [-0.2, -0.15) is 0 Å². The molecule has 2 aromatic rings. The molecule has 8 rings (SSSR count). The number of benzene rings is 2. The van der Waals surface area contributed by atoms with E-state index in [1.807, 2.05) is 48.5 Å². The van der Waals surface area contributed by atoms with Crippen LogP contribution in [0, 0.1) is 24.7 Å². The van der Waals surface area contributed by atoms with Crippen LogP contribution in [0.25, 0.3) is 0 Å². The van der Waals surface area contributed by atoms with E-state index in [0.29, 0.717) is 31.6 Å². The number of nitrogens with two attached hydrogens (primary N) is 2. The molecular formula is C57H81B2N3O11. The fourth-order valence-electron chi connectivity index (χ4n) is 11.2. The van der Waals surface area contributed by atoms with Crippen LogP contribution in [0.15, 0.2) is 71.8 Å². The first-order valence-electron chi connectivity index (χ1n) is 25.9. The van der Waals surface area contributed by atoms with Crippen molar-refractivity contribution in [2.45, 2.75) is 191 Å². The molecule has 16 heteroatoms. The summed E-state index contributed by atoms with van der Waals surface area (Å²) in [4.78, 5) is 37.2. The number of nitrogens with one attached hydrogen (secondary N) is 1. The highest BCUT2D eigenvalue weighted by molar-refractivity contribution is 6.75. The summed E-state index contributed by atoms with van der Waals surface area (Å²) in [5.41, 5.74) is 16.5. The van der Waals surface area contributed by atoms with Gasteiger partial charge in [0.15, 0.2) is 0 Å². The van der Waals surface area contributed by atoms with Crippen molar-refractivity contribution in [1.82, 2.24) is 0 Å². The number of nitrogen functional groups attached to an aromatic ring is 1. The van der Waals surface area contributed by atoms with Crippen molar-refractivity contribution >= 4 is 44.7 Å². The van der Waals surface area contributed by atoms with E-state index >= 15 is 0 Å². The van der Waals surface area contributed by atoms with E-state index in [1.54, 1.807) is 21.1 Å².